The molecule has 0 saturated heterocycles. The molecule has 0 spiro atoms. The molecule has 6 nitrogen and oxygen atoms in total. The molecule has 2 aromatic carbocycles. The lowest BCUT2D eigenvalue weighted by molar-refractivity contribution is -0.111. The molecule has 0 fully saturated rings. The number of phenols is 1. The highest BCUT2D eigenvalue weighted by molar-refractivity contribution is 7.89. The van der Waals surface area contributed by atoms with Gasteiger partial charge in [-0.15, -0.1) is 0 Å². The van der Waals surface area contributed by atoms with Crippen molar-refractivity contribution in [2.45, 2.75) is 4.90 Å². The Hall–Kier alpha value is -2.64. The number of sulfonamides is 1. The van der Waals surface area contributed by atoms with Crippen molar-refractivity contribution >= 4 is 27.7 Å². The van der Waals surface area contributed by atoms with Gasteiger partial charge in [0, 0.05) is 11.8 Å². The van der Waals surface area contributed by atoms with Crippen molar-refractivity contribution in [1.82, 2.24) is 0 Å². The molecule has 0 aromatic heterocycles. The van der Waals surface area contributed by atoms with Crippen molar-refractivity contribution in [3.8, 4) is 5.75 Å². The topological polar surface area (TPSA) is 109 Å². The molecule has 2 aromatic rings. The van der Waals surface area contributed by atoms with Crippen molar-refractivity contribution in [2.75, 3.05) is 5.32 Å². The van der Waals surface area contributed by atoms with Gasteiger partial charge in [0.1, 0.15) is 5.75 Å². The van der Waals surface area contributed by atoms with Crippen LogP contribution < -0.4 is 10.5 Å². The molecule has 0 saturated carbocycles. The van der Waals surface area contributed by atoms with E-state index in [-0.39, 0.29) is 16.6 Å². The van der Waals surface area contributed by atoms with E-state index in [2.05, 4.69) is 5.32 Å². The summed E-state index contributed by atoms with van der Waals surface area (Å²) in [6, 6.07) is 11.9. The first-order valence-corrected chi connectivity index (χ1v) is 7.80. The van der Waals surface area contributed by atoms with Crippen LogP contribution in [-0.4, -0.2) is 19.4 Å². The average Bonchev–Trinajstić information content (AvgIpc) is 2.46. The first-order chi connectivity index (χ1) is 10.3. The summed E-state index contributed by atoms with van der Waals surface area (Å²) in [7, 11) is -3.74. The zero-order valence-electron chi connectivity index (χ0n) is 11.4. The number of nitrogens with two attached hydrogens (primary N) is 1. The Morgan fingerprint density at radius 2 is 1.64 bits per heavy atom. The molecule has 114 valence electrons. The van der Waals surface area contributed by atoms with E-state index in [1.807, 2.05) is 0 Å². The maximum atomic E-state index is 11.7. The second kappa shape index (κ2) is 6.42. The van der Waals surface area contributed by atoms with Crippen LogP contribution in [-0.2, 0) is 14.8 Å². The maximum absolute atomic E-state index is 11.7. The molecule has 0 aliphatic heterocycles. The van der Waals surface area contributed by atoms with Crippen LogP contribution in [0.5, 0.6) is 5.75 Å². The zero-order valence-corrected chi connectivity index (χ0v) is 12.2. The van der Waals surface area contributed by atoms with Crippen molar-refractivity contribution in [2.24, 2.45) is 5.14 Å². The average molecular weight is 318 g/mol. The molecule has 0 radical (unpaired) electrons. The third kappa shape index (κ3) is 4.44. The van der Waals surface area contributed by atoms with E-state index in [0.29, 0.717) is 5.69 Å². The van der Waals surface area contributed by atoms with E-state index in [1.54, 1.807) is 18.2 Å². The monoisotopic (exact) mass is 318 g/mol. The highest BCUT2D eigenvalue weighted by Crippen LogP contribution is 2.13. The summed E-state index contributed by atoms with van der Waals surface area (Å²) in [6.07, 6.45) is 2.92. The largest absolute Gasteiger partial charge is 0.508 e. The predicted octanol–water partition coefficient (Wildman–Crippen LogP) is 1.69. The summed E-state index contributed by atoms with van der Waals surface area (Å²) in [4.78, 5) is 11.7. The smallest absolute Gasteiger partial charge is 0.248 e. The van der Waals surface area contributed by atoms with Gasteiger partial charge in [-0.3, -0.25) is 4.79 Å². The number of anilines is 1. The van der Waals surface area contributed by atoms with Crippen LogP contribution in [0.1, 0.15) is 5.56 Å². The number of primary sulfonamides is 1. The number of amides is 1. The fourth-order valence-corrected chi connectivity index (χ4v) is 2.18. The molecule has 4 N–H and O–H groups in total. The molecular formula is C15H14N2O4S. The molecular weight excluding hydrogens is 304 g/mol. The zero-order chi connectivity index (χ0) is 16.2. The first-order valence-electron chi connectivity index (χ1n) is 6.25. The highest BCUT2D eigenvalue weighted by Gasteiger charge is 2.07. The van der Waals surface area contributed by atoms with Crippen molar-refractivity contribution in [3.63, 3.8) is 0 Å². The normalized spacial score (nSPS) is 11.5. The summed E-state index contributed by atoms with van der Waals surface area (Å²) in [5.74, 6) is -0.215. The minimum atomic E-state index is -3.74. The van der Waals surface area contributed by atoms with E-state index < -0.39 is 10.0 Å². The Morgan fingerprint density at radius 3 is 2.18 bits per heavy atom. The van der Waals surface area contributed by atoms with Gasteiger partial charge in [-0.25, -0.2) is 13.6 Å². The van der Waals surface area contributed by atoms with Crippen LogP contribution in [0.3, 0.4) is 0 Å². The number of rotatable bonds is 4. The van der Waals surface area contributed by atoms with Crippen LogP contribution in [0.25, 0.3) is 6.08 Å². The number of carbonyl (C=O) groups is 1. The summed E-state index contributed by atoms with van der Waals surface area (Å²) >= 11 is 0. The fraction of sp³-hybridized carbons (Fsp3) is 0. The van der Waals surface area contributed by atoms with Crippen molar-refractivity contribution in [3.05, 3.63) is 60.2 Å². The fourth-order valence-electron chi connectivity index (χ4n) is 1.67. The van der Waals surface area contributed by atoms with Gasteiger partial charge in [0.25, 0.3) is 0 Å². The van der Waals surface area contributed by atoms with E-state index in [0.717, 1.165) is 5.56 Å². The van der Waals surface area contributed by atoms with Crippen LogP contribution >= 0.6 is 0 Å². The summed E-state index contributed by atoms with van der Waals surface area (Å²) in [5, 5.41) is 16.7. The van der Waals surface area contributed by atoms with Crippen LogP contribution in [0.15, 0.2) is 59.5 Å². The number of aromatic hydroxyl groups is 1. The number of carbonyl (C=O) groups excluding carboxylic acids is 1. The SMILES string of the molecule is NS(=O)(=O)c1ccc(NC(=O)/C=C/c2ccc(O)cc2)cc1. The molecule has 0 heterocycles. The quantitative estimate of drug-likeness (QED) is 0.745. The molecule has 22 heavy (non-hydrogen) atoms. The van der Waals surface area contributed by atoms with Crippen molar-refractivity contribution in [1.29, 1.82) is 0 Å². The molecule has 0 atom stereocenters. The summed E-state index contributed by atoms with van der Waals surface area (Å²) in [6.45, 7) is 0. The van der Waals surface area contributed by atoms with Crippen molar-refractivity contribution < 1.29 is 18.3 Å². The van der Waals surface area contributed by atoms with Crippen LogP contribution in [0.4, 0.5) is 5.69 Å². The van der Waals surface area contributed by atoms with Crippen LogP contribution in [0.2, 0.25) is 0 Å². The third-order valence-electron chi connectivity index (χ3n) is 2.77. The lowest BCUT2D eigenvalue weighted by Gasteiger charge is -2.03. The molecule has 7 heteroatoms. The minimum Gasteiger partial charge on any atom is -0.508 e. The standard InChI is InChI=1S/C15H14N2O4S/c16-22(20,21)14-8-4-12(5-9-14)17-15(19)10-3-11-1-6-13(18)7-2-11/h1-10,18H,(H,17,19)(H2,16,20,21)/b10-3+. The number of hydrogen-bond donors (Lipinski definition) is 3. The second-order valence-electron chi connectivity index (χ2n) is 4.48. The third-order valence-corrected chi connectivity index (χ3v) is 3.70. The van der Waals surface area contributed by atoms with Gasteiger partial charge < -0.3 is 10.4 Å². The second-order valence-corrected chi connectivity index (χ2v) is 6.04. The molecule has 0 aliphatic rings. The Labute approximate surface area is 128 Å². The predicted molar refractivity (Wildman–Crippen MR) is 83.6 cm³/mol. The minimum absolute atomic E-state index is 0.0230. The molecule has 1 amide bonds. The van der Waals surface area contributed by atoms with Gasteiger partial charge in [-0.2, -0.15) is 0 Å². The van der Waals surface area contributed by atoms with Gasteiger partial charge in [0.15, 0.2) is 0 Å². The number of hydrogen-bond acceptors (Lipinski definition) is 4. The highest BCUT2D eigenvalue weighted by atomic mass is 32.2. The first kappa shape index (κ1) is 15.7. The van der Waals surface area contributed by atoms with Gasteiger partial charge in [-0.05, 0) is 48.0 Å². The Balaban J connectivity index is 2.01. The Morgan fingerprint density at radius 1 is 1.05 bits per heavy atom. The Kier molecular flexibility index (Phi) is 4.59. The van der Waals surface area contributed by atoms with Gasteiger partial charge in [0.05, 0.1) is 4.90 Å². The van der Waals surface area contributed by atoms with Gasteiger partial charge in [0.2, 0.25) is 15.9 Å². The number of phenolic OH excluding ortho intramolecular Hbond substituents is 1. The molecule has 0 bridgehead atoms. The lowest BCUT2D eigenvalue weighted by atomic mass is 10.2. The molecule has 0 unspecified atom stereocenters. The van der Waals surface area contributed by atoms with Crippen LogP contribution in [0, 0.1) is 0 Å². The molecule has 0 aliphatic carbocycles. The number of nitrogens with one attached hydrogen (secondary N) is 1. The molecule has 2 rings (SSSR count). The van der Waals surface area contributed by atoms with E-state index in [9.17, 15) is 13.2 Å². The number of benzene rings is 2. The summed E-state index contributed by atoms with van der Waals surface area (Å²) in [5.41, 5.74) is 1.21. The van der Waals surface area contributed by atoms with E-state index in [1.165, 1.54) is 42.5 Å². The summed E-state index contributed by atoms with van der Waals surface area (Å²) < 4.78 is 22.2. The lowest BCUT2D eigenvalue weighted by Crippen LogP contribution is -2.12. The van der Waals surface area contributed by atoms with E-state index in [4.69, 9.17) is 10.2 Å². The Bertz CT molecular complexity index is 794. The van der Waals surface area contributed by atoms with Gasteiger partial charge >= 0.3 is 0 Å². The van der Waals surface area contributed by atoms with E-state index >= 15 is 0 Å². The van der Waals surface area contributed by atoms with Gasteiger partial charge in [-0.1, -0.05) is 12.1 Å². The maximum Gasteiger partial charge on any atom is 0.248 e.